The summed E-state index contributed by atoms with van der Waals surface area (Å²) in [5.41, 5.74) is 1.24. The number of amides is 3. The maximum atomic E-state index is 13.4. The summed E-state index contributed by atoms with van der Waals surface area (Å²) in [5.74, 6) is -0.470. The van der Waals surface area contributed by atoms with Crippen molar-refractivity contribution < 1.29 is 28.6 Å². The molecule has 10 heteroatoms. The quantitative estimate of drug-likeness (QED) is 0.674. The Morgan fingerprint density at radius 2 is 1.97 bits per heavy atom. The molecule has 0 fully saturated rings. The number of hydrogen-bond acceptors (Lipinski definition) is 7. The van der Waals surface area contributed by atoms with Crippen LogP contribution in [0.2, 0.25) is 0 Å². The van der Waals surface area contributed by atoms with Crippen molar-refractivity contribution in [2.24, 2.45) is 5.92 Å². The molecule has 10 nitrogen and oxygen atoms in total. The molecule has 0 saturated heterocycles. The van der Waals surface area contributed by atoms with Crippen LogP contribution in [0.25, 0.3) is 0 Å². The molecule has 0 bridgehead atoms. The minimum Gasteiger partial charge on any atom is -0.491 e. The fourth-order valence-corrected chi connectivity index (χ4v) is 4.12. The Balaban J connectivity index is 1.96. The molecule has 1 aliphatic heterocycles. The molecule has 3 atom stereocenters. The van der Waals surface area contributed by atoms with Gasteiger partial charge in [0.15, 0.2) is 0 Å². The molecule has 0 radical (unpaired) electrons. The van der Waals surface area contributed by atoms with Crippen LogP contribution in [-0.4, -0.2) is 92.2 Å². The summed E-state index contributed by atoms with van der Waals surface area (Å²) in [4.78, 5) is 46.2. The average Bonchev–Trinajstić information content (AvgIpc) is 2.88. The number of hydrogen-bond donors (Lipinski definition) is 1. The molecular weight excluding hydrogens is 464 g/mol. The van der Waals surface area contributed by atoms with Gasteiger partial charge in [0.1, 0.15) is 19.0 Å². The molecule has 0 unspecified atom stereocenters. The van der Waals surface area contributed by atoms with Gasteiger partial charge in [-0.05, 0) is 37.3 Å². The molecule has 194 valence electrons. The van der Waals surface area contributed by atoms with Gasteiger partial charge in [-0.2, -0.15) is 0 Å². The third-order valence-corrected chi connectivity index (χ3v) is 6.17. The molecular formula is C26H34N4O6. The monoisotopic (exact) mass is 498 g/mol. The third-order valence-electron chi connectivity index (χ3n) is 6.17. The maximum Gasteiger partial charge on any atom is 0.257 e. The Bertz CT molecular complexity index is 1060. The smallest absolute Gasteiger partial charge is 0.257 e. The lowest BCUT2D eigenvalue weighted by atomic mass is 10.0. The highest BCUT2D eigenvalue weighted by molar-refractivity contribution is 5.99. The van der Waals surface area contributed by atoms with Crippen molar-refractivity contribution >= 4 is 23.4 Å². The molecule has 1 N–H and O–H groups in total. The number of ether oxygens (including phenoxy) is 3. The molecule has 0 spiro atoms. The lowest BCUT2D eigenvalue weighted by Crippen LogP contribution is -2.48. The number of methoxy groups -OCH3 is 2. The third kappa shape index (κ3) is 6.58. The number of likely N-dealkylation sites (N-methyl/N-ethyl adjacent to an activating group) is 1. The predicted octanol–water partition coefficient (Wildman–Crippen LogP) is 2.31. The largest absolute Gasteiger partial charge is 0.491 e. The van der Waals surface area contributed by atoms with Crippen LogP contribution in [0.4, 0.5) is 5.69 Å². The Morgan fingerprint density at radius 1 is 1.19 bits per heavy atom. The van der Waals surface area contributed by atoms with E-state index in [9.17, 15) is 14.4 Å². The van der Waals surface area contributed by atoms with Crippen LogP contribution in [0.15, 0.2) is 42.7 Å². The molecule has 1 aromatic carbocycles. The van der Waals surface area contributed by atoms with Gasteiger partial charge in [0.2, 0.25) is 5.91 Å². The number of nitrogens with zero attached hydrogens (tertiary/aromatic N) is 3. The summed E-state index contributed by atoms with van der Waals surface area (Å²) in [6.45, 7) is 4.67. The van der Waals surface area contributed by atoms with Crippen LogP contribution in [0.3, 0.4) is 0 Å². The van der Waals surface area contributed by atoms with E-state index in [1.54, 1.807) is 66.7 Å². The second-order valence-electron chi connectivity index (χ2n) is 8.99. The van der Waals surface area contributed by atoms with Gasteiger partial charge in [-0.1, -0.05) is 6.92 Å². The number of benzene rings is 1. The van der Waals surface area contributed by atoms with Crippen molar-refractivity contribution in [3.63, 3.8) is 0 Å². The van der Waals surface area contributed by atoms with Crippen LogP contribution in [0.5, 0.6) is 5.75 Å². The Hall–Kier alpha value is -3.50. The highest BCUT2D eigenvalue weighted by Gasteiger charge is 2.31. The molecule has 36 heavy (non-hydrogen) atoms. The van der Waals surface area contributed by atoms with Crippen molar-refractivity contribution in [3.8, 4) is 5.75 Å². The normalized spacial score (nSPS) is 21.0. The van der Waals surface area contributed by atoms with E-state index >= 15 is 0 Å². The molecule has 1 aliphatic rings. The Morgan fingerprint density at radius 3 is 2.64 bits per heavy atom. The van der Waals surface area contributed by atoms with Gasteiger partial charge in [-0.15, -0.1) is 0 Å². The average molecular weight is 499 g/mol. The summed E-state index contributed by atoms with van der Waals surface area (Å²) in [6.07, 6.45) is 2.86. The molecule has 1 aromatic heterocycles. The van der Waals surface area contributed by atoms with Gasteiger partial charge in [0.25, 0.3) is 11.8 Å². The number of nitrogens with one attached hydrogen (secondary N) is 1. The zero-order valence-electron chi connectivity index (χ0n) is 21.4. The van der Waals surface area contributed by atoms with Crippen LogP contribution in [0, 0.1) is 5.92 Å². The SMILES string of the molecule is COCC(=O)Nc1ccc2c(c1)C(=O)N(C)C[C@@H](OC)[C@H](C)CN(C(=O)c1cccnc1)[C@H](C)CO2. The number of carbonyl (C=O) groups is 3. The van der Waals surface area contributed by atoms with E-state index in [1.807, 2.05) is 13.8 Å². The van der Waals surface area contributed by atoms with E-state index in [-0.39, 0.29) is 49.0 Å². The van der Waals surface area contributed by atoms with Crippen molar-refractivity contribution in [2.75, 3.05) is 52.9 Å². The zero-order valence-corrected chi connectivity index (χ0v) is 21.4. The lowest BCUT2D eigenvalue weighted by Gasteiger charge is -2.36. The molecule has 2 aromatic rings. The van der Waals surface area contributed by atoms with Crippen LogP contribution >= 0.6 is 0 Å². The van der Waals surface area contributed by atoms with E-state index in [0.717, 1.165) is 0 Å². The molecule has 3 amide bonds. The molecule has 2 heterocycles. The van der Waals surface area contributed by atoms with Crippen LogP contribution < -0.4 is 10.1 Å². The summed E-state index contributed by atoms with van der Waals surface area (Å²) in [6, 6.07) is 8.05. The number of rotatable bonds is 5. The van der Waals surface area contributed by atoms with E-state index in [4.69, 9.17) is 14.2 Å². The number of anilines is 1. The number of carbonyl (C=O) groups excluding carboxylic acids is 3. The van der Waals surface area contributed by atoms with Gasteiger partial charge >= 0.3 is 0 Å². The summed E-state index contributed by atoms with van der Waals surface area (Å²) in [7, 11) is 4.72. The van der Waals surface area contributed by atoms with Crippen molar-refractivity contribution in [3.05, 3.63) is 53.9 Å². The first-order valence-corrected chi connectivity index (χ1v) is 11.8. The summed E-state index contributed by atoms with van der Waals surface area (Å²) in [5, 5.41) is 2.72. The highest BCUT2D eigenvalue weighted by Crippen LogP contribution is 2.27. The van der Waals surface area contributed by atoms with Gasteiger partial charge in [0.05, 0.1) is 23.3 Å². The second-order valence-corrected chi connectivity index (χ2v) is 8.99. The lowest BCUT2D eigenvalue weighted by molar-refractivity contribution is -0.119. The van der Waals surface area contributed by atoms with Crippen molar-refractivity contribution in [1.29, 1.82) is 0 Å². The van der Waals surface area contributed by atoms with Crippen molar-refractivity contribution in [2.45, 2.75) is 26.0 Å². The molecule has 0 aliphatic carbocycles. The van der Waals surface area contributed by atoms with E-state index in [0.29, 0.717) is 35.7 Å². The fraction of sp³-hybridized carbons (Fsp3) is 0.462. The first-order valence-electron chi connectivity index (χ1n) is 11.8. The maximum absolute atomic E-state index is 13.4. The fourth-order valence-electron chi connectivity index (χ4n) is 4.12. The second kappa shape index (κ2) is 12.5. The number of aromatic nitrogens is 1. The van der Waals surface area contributed by atoms with Crippen LogP contribution in [0.1, 0.15) is 34.6 Å². The van der Waals surface area contributed by atoms with E-state index in [1.165, 1.54) is 7.11 Å². The minimum atomic E-state index is -0.334. The number of fused-ring (bicyclic) bond motifs is 1. The minimum absolute atomic E-state index is 0.0770. The predicted molar refractivity (Wildman–Crippen MR) is 134 cm³/mol. The van der Waals surface area contributed by atoms with E-state index in [2.05, 4.69) is 10.3 Å². The molecule has 0 saturated carbocycles. The van der Waals surface area contributed by atoms with Crippen molar-refractivity contribution in [1.82, 2.24) is 14.8 Å². The first kappa shape index (κ1) is 27.1. The first-order chi connectivity index (χ1) is 17.2. The highest BCUT2D eigenvalue weighted by atomic mass is 16.5. The van der Waals surface area contributed by atoms with Gasteiger partial charge in [-0.25, -0.2) is 0 Å². The van der Waals surface area contributed by atoms with E-state index < -0.39 is 0 Å². The Labute approximate surface area is 211 Å². The summed E-state index contributed by atoms with van der Waals surface area (Å²) >= 11 is 0. The topological polar surface area (TPSA) is 110 Å². The Kier molecular flexibility index (Phi) is 9.38. The van der Waals surface area contributed by atoms with Gasteiger partial charge in [0, 0.05) is 58.4 Å². The molecule has 3 rings (SSSR count). The number of pyridine rings is 1. The van der Waals surface area contributed by atoms with Gasteiger partial charge < -0.3 is 29.3 Å². The van der Waals surface area contributed by atoms with Crippen LogP contribution in [-0.2, 0) is 14.3 Å². The van der Waals surface area contributed by atoms with Gasteiger partial charge in [-0.3, -0.25) is 19.4 Å². The zero-order chi connectivity index (χ0) is 26.2. The summed E-state index contributed by atoms with van der Waals surface area (Å²) < 4.78 is 16.7. The standard InChI is InChI=1S/C26H34N4O6/c1-17-13-30(25(32)19-7-6-10-27-12-19)18(2)15-36-22-9-8-20(28-24(31)16-34-4)11-21(22)26(33)29(3)14-23(17)35-5/h6-12,17-18,23H,13-16H2,1-5H3,(H,28,31)/t17-,18-,23-/m1/s1.